The second kappa shape index (κ2) is 4.65. The van der Waals surface area contributed by atoms with Gasteiger partial charge in [-0.3, -0.25) is 4.79 Å². The molecule has 18 heavy (non-hydrogen) atoms. The van der Waals surface area contributed by atoms with Crippen molar-refractivity contribution in [3.63, 3.8) is 0 Å². The van der Waals surface area contributed by atoms with Crippen LogP contribution in [0.25, 0.3) is 0 Å². The van der Waals surface area contributed by atoms with Crippen LogP contribution in [0.3, 0.4) is 0 Å². The maximum absolute atomic E-state index is 11.1. The van der Waals surface area contributed by atoms with Gasteiger partial charge in [0.1, 0.15) is 5.82 Å². The quantitative estimate of drug-likeness (QED) is 0.855. The van der Waals surface area contributed by atoms with Crippen LogP contribution >= 0.6 is 0 Å². The second-order valence-corrected chi connectivity index (χ2v) is 4.63. The van der Waals surface area contributed by atoms with Gasteiger partial charge in [0.25, 0.3) is 0 Å². The van der Waals surface area contributed by atoms with Crippen molar-refractivity contribution in [3.05, 3.63) is 23.4 Å². The van der Waals surface area contributed by atoms with E-state index in [2.05, 4.69) is 11.1 Å². The number of hydrogen-bond acceptors (Lipinski definition) is 4. The van der Waals surface area contributed by atoms with Gasteiger partial charge in [0.15, 0.2) is 0 Å². The van der Waals surface area contributed by atoms with Crippen molar-refractivity contribution in [1.82, 2.24) is 4.98 Å². The van der Waals surface area contributed by atoms with Crippen LogP contribution in [0.15, 0.2) is 12.1 Å². The third-order valence-electron chi connectivity index (χ3n) is 3.44. The van der Waals surface area contributed by atoms with Gasteiger partial charge in [-0.15, -0.1) is 0 Å². The fraction of sp³-hybridized carbons (Fsp3) is 0.462. The molecule has 0 radical (unpaired) electrons. The van der Waals surface area contributed by atoms with Crippen LogP contribution in [0.1, 0.15) is 24.6 Å². The number of carboxylic acid groups (broad SMARTS) is 1. The fourth-order valence-electron chi connectivity index (χ4n) is 2.46. The van der Waals surface area contributed by atoms with Crippen LogP contribution in [0.5, 0.6) is 0 Å². The molecule has 2 unspecified atom stereocenters. The minimum atomic E-state index is -0.766. The van der Waals surface area contributed by atoms with E-state index in [0.29, 0.717) is 24.3 Å². The molecule has 1 aliphatic rings. The van der Waals surface area contributed by atoms with Gasteiger partial charge in [-0.05, 0) is 32.4 Å². The average molecular weight is 245 g/mol. The first-order valence-electron chi connectivity index (χ1n) is 5.91. The van der Waals surface area contributed by atoms with Crippen LogP contribution in [-0.4, -0.2) is 28.6 Å². The standard InChI is InChI=1S/C13H15N3O2/c1-8-5-10(7-14)6-12(15-8)16-4-3-11(9(16)2)13(17)18/h5-6,9,11H,3-4H2,1-2H3,(H,17,18). The van der Waals surface area contributed by atoms with E-state index in [-0.39, 0.29) is 12.0 Å². The highest BCUT2D eigenvalue weighted by molar-refractivity contribution is 5.72. The highest BCUT2D eigenvalue weighted by Gasteiger charge is 2.36. The molecule has 94 valence electrons. The van der Waals surface area contributed by atoms with Crippen molar-refractivity contribution in [3.8, 4) is 6.07 Å². The molecule has 1 N–H and O–H groups in total. The number of carbonyl (C=O) groups is 1. The van der Waals surface area contributed by atoms with E-state index < -0.39 is 5.97 Å². The lowest BCUT2D eigenvalue weighted by atomic mass is 10.0. The molecule has 2 rings (SSSR count). The lowest BCUT2D eigenvalue weighted by Gasteiger charge is -2.24. The third kappa shape index (κ3) is 2.14. The lowest BCUT2D eigenvalue weighted by Crippen LogP contribution is -2.33. The summed E-state index contributed by atoms with van der Waals surface area (Å²) in [6.45, 7) is 4.39. The Bertz CT molecular complexity index is 521. The predicted octanol–water partition coefficient (Wildman–Crippen LogP) is 1.56. The number of nitrogens with zero attached hydrogens (tertiary/aromatic N) is 3. The maximum atomic E-state index is 11.1. The first-order valence-corrected chi connectivity index (χ1v) is 5.91. The Morgan fingerprint density at radius 1 is 1.61 bits per heavy atom. The van der Waals surface area contributed by atoms with Crippen LogP contribution < -0.4 is 4.90 Å². The van der Waals surface area contributed by atoms with Gasteiger partial charge < -0.3 is 10.0 Å². The van der Waals surface area contributed by atoms with Crippen LogP contribution in [-0.2, 0) is 4.79 Å². The van der Waals surface area contributed by atoms with Crippen molar-refractivity contribution in [2.75, 3.05) is 11.4 Å². The molecule has 0 saturated carbocycles. The van der Waals surface area contributed by atoms with Gasteiger partial charge in [-0.2, -0.15) is 5.26 Å². The summed E-state index contributed by atoms with van der Waals surface area (Å²) in [7, 11) is 0. The Morgan fingerprint density at radius 3 is 2.89 bits per heavy atom. The molecule has 1 aromatic heterocycles. The molecule has 0 bridgehead atoms. The summed E-state index contributed by atoms with van der Waals surface area (Å²) in [4.78, 5) is 17.4. The van der Waals surface area contributed by atoms with E-state index in [1.54, 1.807) is 12.1 Å². The molecule has 1 saturated heterocycles. The van der Waals surface area contributed by atoms with E-state index in [4.69, 9.17) is 10.4 Å². The van der Waals surface area contributed by atoms with E-state index in [0.717, 1.165) is 5.69 Å². The molecule has 2 heterocycles. The summed E-state index contributed by atoms with van der Waals surface area (Å²) in [5, 5.41) is 18.0. The largest absolute Gasteiger partial charge is 0.481 e. The molecule has 0 amide bonds. The van der Waals surface area contributed by atoms with Gasteiger partial charge in [0.05, 0.1) is 17.6 Å². The Morgan fingerprint density at radius 2 is 2.33 bits per heavy atom. The molecule has 1 fully saturated rings. The average Bonchev–Trinajstić information content (AvgIpc) is 2.70. The topological polar surface area (TPSA) is 77.2 Å². The summed E-state index contributed by atoms with van der Waals surface area (Å²) < 4.78 is 0. The van der Waals surface area contributed by atoms with Crippen LogP contribution in [0.2, 0.25) is 0 Å². The highest BCUT2D eigenvalue weighted by Crippen LogP contribution is 2.29. The molecule has 0 aliphatic carbocycles. The van der Waals surface area contributed by atoms with Gasteiger partial charge in [-0.1, -0.05) is 0 Å². The van der Waals surface area contributed by atoms with Gasteiger partial charge >= 0.3 is 5.97 Å². The number of anilines is 1. The van der Waals surface area contributed by atoms with Gasteiger partial charge in [0.2, 0.25) is 0 Å². The first-order chi connectivity index (χ1) is 8.52. The third-order valence-corrected chi connectivity index (χ3v) is 3.44. The Kier molecular flexibility index (Phi) is 3.19. The molecule has 2 atom stereocenters. The first kappa shape index (κ1) is 12.4. The van der Waals surface area contributed by atoms with Crippen molar-refractivity contribution >= 4 is 11.8 Å². The molecule has 1 aliphatic heterocycles. The Hall–Kier alpha value is -2.09. The molecule has 0 aromatic carbocycles. The smallest absolute Gasteiger partial charge is 0.308 e. The van der Waals surface area contributed by atoms with E-state index in [1.165, 1.54) is 0 Å². The summed E-state index contributed by atoms with van der Waals surface area (Å²) in [6, 6.07) is 5.44. The Balaban J connectivity index is 2.31. The molecule has 5 nitrogen and oxygen atoms in total. The van der Waals surface area contributed by atoms with Crippen molar-refractivity contribution in [1.29, 1.82) is 5.26 Å². The zero-order valence-electron chi connectivity index (χ0n) is 10.4. The molecular weight excluding hydrogens is 230 g/mol. The lowest BCUT2D eigenvalue weighted by molar-refractivity contribution is -0.141. The Labute approximate surface area is 106 Å². The summed E-state index contributed by atoms with van der Waals surface area (Å²) in [5.74, 6) is -0.432. The highest BCUT2D eigenvalue weighted by atomic mass is 16.4. The maximum Gasteiger partial charge on any atom is 0.308 e. The van der Waals surface area contributed by atoms with E-state index in [9.17, 15) is 4.79 Å². The number of hydrogen-bond donors (Lipinski definition) is 1. The number of carboxylic acids is 1. The van der Waals surface area contributed by atoms with Crippen LogP contribution in [0, 0.1) is 24.2 Å². The number of aromatic nitrogens is 1. The number of nitriles is 1. The second-order valence-electron chi connectivity index (χ2n) is 4.63. The SMILES string of the molecule is Cc1cc(C#N)cc(N2CCC(C(=O)O)C2C)n1. The summed E-state index contributed by atoms with van der Waals surface area (Å²) in [6.07, 6.45) is 0.619. The minimum Gasteiger partial charge on any atom is -0.481 e. The number of aryl methyl sites for hydroxylation is 1. The summed E-state index contributed by atoms with van der Waals surface area (Å²) >= 11 is 0. The molecular formula is C13H15N3O2. The zero-order chi connectivity index (χ0) is 13.3. The van der Waals surface area contributed by atoms with Crippen LogP contribution in [0.4, 0.5) is 5.82 Å². The molecule has 5 heteroatoms. The monoisotopic (exact) mass is 245 g/mol. The fourth-order valence-corrected chi connectivity index (χ4v) is 2.46. The van der Waals surface area contributed by atoms with Crippen molar-refractivity contribution < 1.29 is 9.90 Å². The number of pyridine rings is 1. The summed E-state index contributed by atoms with van der Waals surface area (Å²) in [5.41, 5.74) is 1.33. The number of rotatable bonds is 2. The molecule has 1 aromatic rings. The normalized spacial score (nSPS) is 22.8. The minimum absolute atomic E-state index is 0.0941. The van der Waals surface area contributed by atoms with Crippen molar-refractivity contribution in [2.45, 2.75) is 26.3 Å². The predicted molar refractivity (Wildman–Crippen MR) is 66.2 cm³/mol. The van der Waals surface area contributed by atoms with Crippen molar-refractivity contribution in [2.24, 2.45) is 5.92 Å². The molecule has 0 spiro atoms. The van der Waals surface area contributed by atoms with E-state index >= 15 is 0 Å². The van der Waals surface area contributed by atoms with Gasteiger partial charge in [-0.25, -0.2) is 4.98 Å². The zero-order valence-corrected chi connectivity index (χ0v) is 10.4. The van der Waals surface area contributed by atoms with Gasteiger partial charge in [0, 0.05) is 18.3 Å². The van der Waals surface area contributed by atoms with E-state index in [1.807, 2.05) is 18.7 Å². The number of aliphatic carboxylic acids is 1.